The maximum atomic E-state index is 5.11. The SMILES string of the molecule is [Ni][CH2]CCC(P(c1ccccc1)c1ccccc1)P(c1ccccc1)c1ccccc1. The van der Waals surface area contributed by atoms with Gasteiger partial charge in [-0.15, -0.1) is 0 Å². The molecule has 0 aromatic heterocycles. The molecule has 0 amide bonds. The second-order valence-corrected chi connectivity index (χ2v) is 13.1. The Morgan fingerprint density at radius 3 is 1.03 bits per heavy atom. The van der Waals surface area contributed by atoms with Crippen LogP contribution in [0.15, 0.2) is 121 Å². The van der Waals surface area contributed by atoms with Gasteiger partial charge in [-0.25, -0.2) is 0 Å². The second kappa shape index (κ2) is 11.7. The van der Waals surface area contributed by atoms with Crippen molar-refractivity contribution >= 4 is 37.1 Å². The van der Waals surface area contributed by atoms with Crippen molar-refractivity contribution in [2.75, 3.05) is 0 Å². The molecule has 31 heavy (non-hydrogen) atoms. The summed E-state index contributed by atoms with van der Waals surface area (Å²) in [6, 6.07) is 44.6. The van der Waals surface area contributed by atoms with Crippen LogP contribution in [0.5, 0.6) is 0 Å². The van der Waals surface area contributed by atoms with Gasteiger partial charge in [-0.2, -0.15) is 0 Å². The van der Waals surface area contributed by atoms with Crippen LogP contribution >= 0.6 is 15.8 Å². The molecule has 4 rings (SSSR count). The quantitative estimate of drug-likeness (QED) is 0.193. The van der Waals surface area contributed by atoms with E-state index in [9.17, 15) is 0 Å². The van der Waals surface area contributed by atoms with Crippen LogP contribution in [-0.2, 0) is 15.5 Å². The van der Waals surface area contributed by atoms with Gasteiger partial charge in [-0.05, 0) is 0 Å². The average molecular weight is 484 g/mol. The van der Waals surface area contributed by atoms with Gasteiger partial charge in [0.2, 0.25) is 0 Å². The van der Waals surface area contributed by atoms with E-state index in [-0.39, 0.29) is 0 Å². The molecule has 0 bridgehead atoms. The first-order chi connectivity index (χ1) is 15.4. The van der Waals surface area contributed by atoms with E-state index in [1.54, 1.807) is 0 Å². The Hall–Kier alpha value is -1.77. The van der Waals surface area contributed by atoms with Crippen LogP contribution in [0, 0.1) is 0 Å². The van der Waals surface area contributed by atoms with Crippen molar-refractivity contribution in [2.24, 2.45) is 0 Å². The van der Waals surface area contributed by atoms with Crippen molar-refractivity contribution < 1.29 is 15.5 Å². The minimum atomic E-state index is -0.525. The van der Waals surface area contributed by atoms with Crippen molar-refractivity contribution in [1.82, 2.24) is 0 Å². The molecule has 4 aromatic rings. The fourth-order valence-corrected chi connectivity index (χ4v) is 11.5. The molecule has 0 unspecified atom stereocenters. The van der Waals surface area contributed by atoms with E-state index < -0.39 is 15.8 Å². The Bertz CT molecular complexity index is 862. The molecule has 0 nitrogen and oxygen atoms in total. The van der Waals surface area contributed by atoms with Crippen LogP contribution in [0.25, 0.3) is 0 Å². The van der Waals surface area contributed by atoms with E-state index in [0.29, 0.717) is 5.40 Å². The van der Waals surface area contributed by atoms with Crippen molar-refractivity contribution in [3.8, 4) is 0 Å². The van der Waals surface area contributed by atoms with Crippen LogP contribution in [0.4, 0.5) is 0 Å². The van der Waals surface area contributed by atoms with Gasteiger partial charge in [-0.1, -0.05) is 0 Å². The van der Waals surface area contributed by atoms with Gasteiger partial charge in [0.1, 0.15) is 0 Å². The molecule has 0 radical (unpaired) electrons. The predicted molar refractivity (Wildman–Crippen MR) is 136 cm³/mol. The molecule has 0 spiro atoms. The van der Waals surface area contributed by atoms with Crippen LogP contribution in [0.1, 0.15) is 12.8 Å². The third kappa shape index (κ3) is 5.73. The Balaban J connectivity index is 1.89. The van der Waals surface area contributed by atoms with E-state index in [4.69, 9.17) is 15.5 Å². The summed E-state index contributed by atoms with van der Waals surface area (Å²) in [5.74, 6) is 0. The Kier molecular flexibility index (Phi) is 8.49. The van der Waals surface area contributed by atoms with E-state index in [1.165, 1.54) is 21.2 Å². The first-order valence-corrected chi connectivity index (χ1v) is 14.2. The molecular weight excluding hydrogens is 457 g/mol. The van der Waals surface area contributed by atoms with Crippen LogP contribution in [0.3, 0.4) is 0 Å². The maximum absolute atomic E-state index is 5.11. The molecule has 3 heteroatoms. The van der Waals surface area contributed by atoms with Crippen molar-refractivity contribution in [2.45, 2.75) is 23.6 Å². The second-order valence-electron chi connectivity index (χ2n) is 7.36. The van der Waals surface area contributed by atoms with Crippen LogP contribution in [0.2, 0.25) is 5.39 Å². The normalized spacial score (nSPS) is 11.4. The molecule has 0 heterocycles. The molecule has 4 aromatic carbocycles. The molecule has 159 valence electrons. The first-order valence-electron chi connectivity index (χ1n) is 10.7. The van der Waals surface area contributed by atoms with E-state index in [2.05, 4.69) is 121 Å². The van der Waals surface area contributed by atoms with Gasteiger partial charge < -0.3 is 0 Å². The van der Waals surface area contributed by atoms with E-state index in [0.717, 1.165) is 18.2 Å². The van der Waals surface area contributed by atoms with Crippen molar-refractivity contribution in [1.29, 1.82) is 0 Å². The number of hydrogen-bond donors (Lipinski definition) is 0. The standard InChI is InChI=1S/C28H27P2.Ni/c1-2-15-28(29(24-16-7-3-8-17-24)25-18-9-4-10-19-25)30(26-20-11-5-12-21-26)27-22-13-6-14-23-27;/h3-14,16-23,28H,1-2,15H2;. The van der Waals surface area contributed by atoms with E-state index >= 15 is 0 Å². The molecule has 0 atom stereocenters. The van der Waals surface area contributed by atoms with Gasteiger partial charge in [-0.3, -0.25) is 0 Å². The third-order valence-corrected chi connectivity index (χ3v) is 12.2. The number of hydrogen-bond acceptors (Lipinski definition) is 0. The molecule has 0 N–H and O–H groups in total. The van der Waals surface area contributed by atoms with Gasteiger partial charge in [0.05, 0.1) is 0 Å². The molecule has 0 saturated carbocycles. The van der Waals surface area contributed by atoms with Gasteiger partial charge in [0, 0.05) is 0 Å². The van der Waals surface area contributed by atoms with Crippen molar-refractivity contribution in [3.63, 3.8) is 0 Å². The monoisotopic (exact) mass is 483 g/mol. The van der Waals surface area contributed by atoms with Crippen LogP contribution in [-0.4, -0.2) is 5.40 Å². The summed E-state index contributed by atoms with van der Waals surface area (Å²) in [5, 5.41) is 7.23. The fraction of sp³-hybridized carbons (Fsp3) is 0.143. The zero-order valence-electron chi connectivity index (χ0n) is 17.5. The predicted octanol–water partition coefficient (Wildman–Crippen LogP) is 6.32. The van der Waals surface area contributed by atoms with Crippen LogP contribution < -0.4 is 21.2 Å². The summed E-state index contributed by atoms with van der Waals surface area (Å²) in [4.78, 5) is 0. The summed E-state index contributed by atoms with van der Waals surface area (Å²) in [7, 11) is -1.05. The fourth-order valence-electron chi connectivity index (χ4n) is 3.96. The summed E-state index contributed by atoms with van der Waals surface area (Å²) < 4.78 is 0. The molecule has 0 aliphatic rings. The summed E-state index contributed by atoms with van der Waals surface area (Å²) in [6.07, 6.45) is 2.26. The Morgan fingerprint density at radius 2 is 0.774 bits per heavy atom. The van der Waals surface area contributed by atoms with Crippen molar-refractivity contribution in [3.05, 3.63) is 121 Å². The molecular formula is C28H27NiP2. The topological polar surface area (TPSA) is 0 Å². The van der Waals surface area contributed by atoms with Gasteiger partial charge in [0.15, 0.2) is 0 Å². The molecule has 0 aliphatic heterocycles. The molecule has 0 saturated heterocycles. The zero-order chi connectivity index (χ0) is 21.3. The van der Waals surface area contributed by atoms with Gasteiger partial charge >= 0.3 is 197 Å². The number of rotatable bonds is 9. The molecule has 0 aliphatic carbocycles. The Morgan fingerprint density at radius 1 is 0.484 bits per heavy atom. The first kappa shape index (κ1) is 22.4. The summed E-state index contributed by atoms with van der Waals surface area (Å²) in [5.41, 5.74) is 0. The van der Waals surface area contributed by atoms with Gasteiger partial charge in [0.25, 0.3) is 0 Å². The number of benzene rings is 4. The molecule has 0 fully saturated rings. The zero-order valence-corrected chi connectivity index (χ0v) is 20.2. The minimum absolute atomic E-state index is 0.525. The summed E-state index contributed by atoms with van der Waals surface area (Å²) in [6.45, 7) is 0. The summed E-state index contributed by atoms with van der Waals surface area (Å²) >= 11 is 5.11. The third-order valence-electron chi connectivity index (χ3n) is 5.31. The Labute approximate surface area is 197 Å². The van der Waals surface area contributed by atoms with E-state index in [1.807, 2.05) is 0 Å². The average Bonchev–Trinajstić information content (AvgIpc) is 2.85.